The van der Waals surface area contributed by atoms with Crippen molar-refractivity contribution in [2.75, 3.05) is 0 Å². The van der Waals surface area contributed by atoms with Crippen LogP contribution in [-0.2, 0) is 18.3 Å². The van der Waals surface area contributed by atoms with Crippen molar-refractivity contribution in [3.63, 3.8) is 0 Å². The van der Waals surface area contributed by atoms with Gasteiger partial charge in [0.15, 0.2) is 0 Å². The summed E-state index contributed by atoms with van der Waals surface area (Å²) in [4.78, 5) is 0. The Hall–Kier alpha value is -7.54. The molecule has 10 aromatic carbocycles. The smallest absolute Gasteiger partial charge is 0.0622 e. The molecule has 14 rings (SSSR count). The second-order valence-electron chi connectivity index (χ2n) is 17.8. The molecule has 0 fully saturated rings. The van der Waals surface area contributed by atoms with Crippen molar-refractivity contribution >= 4 is 10.8 Å². The Balaban J connectivity index is 0.947. The molecule has 1 atom stereocenters. The normalized spacial score (nSPS) is 14.4. The molecule has 0 aliphatic heterocycles. The highest BCUT2D eigenvalue weighted by Crippen LogP contribution is 2.63. The molecular weight excluding hydrogens is 745 g/mol. The van der Waals surface area contributed by atoms with Gasteiger partial charge in [-0.05, 0) is 147 Å². The zero-order valence-corrected chi connectivity index (χ0v) is 34.2. The van der Waals surface area contributed by atoms with Gasteiger partial charge in [-0.3, -0.25) is 0 Å². The first kappa shape index (κ1) is 34.2. The van der Waals surface area contributed by atoms with Gasteiger partial charge in [0, 0.05) is 5.92 Å². The monoisotopic (exact) mass is 784 g/mol. The molecule has 0 radical (unpaired) electrons. The molecule has 0 aromatic heterocycles. The number of hydrogen-bond donors (Lipinski definition) is 0. The Kier molecular flexibility index (Phi) is 7.03. The van der Waals surface area contributed by atoms with E-state index in [0.717, 1.165) is 12.8 Å². The van der Waals surface area contributed by atoms with Crippen molar-refractivity contribution in [2.24, 2.45) is 0 Å². The van der Waals surface area contributed by atoms with E-state index < -0.39 is 0 Å². The van der Waals surface area contributed by atoms with E-state index in [0.29, 0.717) is 0 Å². The molecule has 4 aliphatic carbocycles. The third-order valence-electron chi connectivity index (χ3n) is 14.9. The first-order chi connectivity index (χ1) is 30.8. The first-order valence-electron chi connectivity index (χ1n) is 22.1. The lowest BCUT2D eigenvalue weighted by molar-refractivity contribution is 0.789. The Morgan fingerprint density at radius 2 is 0.839 bits per heavy atom. The van der Waals surface area contributed by atoms with Gasteiger partial charge >= 0.3 is 0 Å². The molecule has 10 aromatic rings. The van der Waals surface area contributed by atoms with Gasteiger partial charge in [-0.2, -0.15) is 0 Å². The van der Waals surface area contributed by atoms with Crippen LogP contribution in [0.25, 0.3) is 66.4 Å². The van der Waals surface area contributed by atoms with Gasteiger partial charge in [-0.25, -0.2) is 0 Å². The standard InChI is InChI=1S/C62H40/c1-2-15-38(16-3-1)60(42-30-32-51-50-23-10-13-28-58(50)62(59(51)37-42)56-26-11-8-21-48(56)49-22-9-12-27-57(49)62)41-29-31-45-43(33-41)36-55-53(45)35-40-18-5-7-20-46(40)61(55)52-25-14-24-47-44-19-6-4-17-39(44)34-54(47)52/h1-33,35,37,60H,34,36H2. The van der Waals surface area contributed by atoms with Crippen molar-refractivity contribution < 1.29 is 0 Å². The minimum atomic E-state index is -0.382. The zero-order chi connectivity index (χ0) is 40.5. The van der Waals surface area contributed by atoms with Crippen LogP contribution in [0.5, 0.6) is 0 Å². The number of fused-ring (bicyclic) bond motifs is 17. The topological polar surface area (TPSA) is 0 Å². The molecule has 62 heavy (non-hydrogen) atoms. The molecule has 4 aliphatic rings. The quantitative estimate of drug-likeness (QED) is 0.156. The van der Waals surface area contributed by atoms with Gasteiger partial charge in [0.25, 0.3) is 0 Å². The van der Waals surface area contributed by atoms with Crippen LogP contribution in [0.4, 0.5) is 0 Å². The molecule has 1 unspecified atom stereocenters. The van der Waals surface area contributed by atoms with Gasteiger partial charge in [-0.1, -0.05) is 206 Å². The van der Waals surface area contributed by atoms with Gasteiger partial charge in [0.1, 0.15) is 0 Å². The number of hydrogen-bond acceptors (Lipinski definition) is 0. The van der Waals surface area contributed by atoms with Crippen LogP contribution in [-0.4, -0.2) is 0 Å². The largest absolute Gasteiger partial charge is 0.0725 e. The van der Waals surface area contributed by atoms with Crippen molar-refractivity contribution in [1.29, 1.82) is 0 Å². The van der Waals surface area contributed by atoms with Crippen molar-refractivity contribution in [3.05, 3.63) is 274 Å². The molecule has 0 heteroatoms. The van der Waals surface area contributed by atoms with E-state index in [1.165, 1.54) is 128 Å². The van der Waals surface area contributed by atoms with E-state index in [1.54, 1.807) is 0 Å². The van der Waals surface area contributed by atoms with Crippen LogP contribution in [0, 0.1) is 0 Å². The van der Waals surface area contributed by atoms with E-state index in [9.17, 15) is 0 Å². The number of rotatable bonds is 4. The Morgan fingerprint density at radius 3 is 1.58 bits per heavy atom. The first-order valence-corrected chi connectivity index (χ1v) is 22.1. The third-order valence-corrected chi connectivity index (χ3v) is 14.9. The van der Waals surface area contributed by atoms with Crippen LogP contribution >= 0.6 is 0 Å². The summed E-state index contributed by atoms with van der Waals surface area (Å²) in [6.45, 7) is 0. The predicted molar refractivity (Wildman–Crippen MR) is 256 cm³/mol. The van der Waals surface area contributed by atoms with Gasteiger partial charge in [-0.15, -0.1) is 0 Å². The highest BCUT2D eigenvalue weighted by molar-refractivity contribution is 6.06. The summed E-state index contributed by atoms with van der Waals surface area (Å²) in [7, 11) is 0. The maximum atomic E-state index is 2.58. The molecular formula is C62H40. The van der Waals surface area contributed by atoms with Crippen LogP contribution < -0.4 is 0 Å². The fourth-order valence-electron chi connectivity index (χ4n) is 12.4. The molecule has 1 spiro atoms. The lowest BCUT2D eigenvalue weighted by Gasteiger charge is -2.31. The molecule has 0 heterocycles. The summed E-state index contributed by atoms with van der Waals surface area (Å²) in [5, 5.41) is 2.64. The Morgan fingerprint density at radius 1 is 0.306 bits per heavy atom. The molecule has 0 saturated carbocycles. The summed E-state index contributed by atoms with van der Waals surface area (Å²) < 4.78 is 0. The summed E-state index contributed by atoms with van der Waals surface area (Å²) in [6.07, 6.45) is 1.88. The van der Waals surface area contributed by atoms with Gasteiger partial charge in [0.05, 0.1) is 5.41 Å². The fraction of sp³-hybridized carbons (Fsp3) is 0.0645. The van der Waals surface area contributed by atoms with E-state index >= 15 is 0 Å². The zero-order valence-electron chi connectivity index (χ0n) is 34.2. The maximum Gasteiger partial charge on any atom is 0.0725 e. The van der Waals surface area contributed by atoms with Crippen LogP contribution in [0.2, 0.25) is 0 Å². The Bertz CT molecular complexity index is 3470. The molecule has 0 amide bonds. The molecule has 0 nitrogen and oxygen atoms in total. The summed E-state index contributed by atoms with van der Waals surface area (Å²) in [6, 6.07) is 80.8. The van der Waals surface area contributed by atoms with Crippen molar-refractivity contribution in [3.8, 4) is 55.6 Å². The fourth-order valence-corrected chi connectivity index (χ4v) is 12.4. The van der Waals surface area contributed by atoms with Crippen molar-refractivity contribution in [2.45, 2.75) is 24.2 Å². The average Bonchev–Trinajstić information content (AvgIpc) is 4.06. The molecule has 288 valence electrons. The average molecular weight is 785 g/mol. The predicted octanol–water partition coefficient (Wildman–Crippen LogP) is 15.2. The van der Waals surface area contributed by atoms with Crippen LogP contribution in [0.3, 0.4) is 0 Å². The summed E-state index contributed by atoms with van der Waals surface area (Å²) >= 11 is 0. The van der Waals surface area contributed by atoms with Gasteiger partial charge < -0.3 is 0 Å². The second kappa shape index (κ2) is 12.7. The molecule has 0 N–H and O–H groups in total. The van der Waals surface area contributed by atoms with Crippen LogP contribution in [0.15, 0.2) is 212 Å². The van der Waals surface area contributed by atoms with E-state index in [2.05, 4.69) is 212 Å². The van der Waals surface area contributed by atoms with E-state index in [-0.39, 0.29) is 11.3 Å². The number of benzene rings is 10. The third kappa shape index (κ3) is 4.51. The second-order valence-corrected chi connectivity index (χ2v) is 17.8. The molecule has 0 saturated heterocycles. The minimum absolute atomic E-state index is 0.0533. The molecule has 0 bridgehead atoms. The van der Waals surface area contributed by atoms with Crippen molar-refractivity contribution in [1.82, 2.24) is 0 Å². The summed E-state index contributed by atoms with van der Waals surface area (Å²) in [5.74, 6) is 0.0533. The Labute approximate surface area is 362 Å². The highest BCUT2D eigenvalue weighted by Gasteiger charge is 2.51. The lowest BCUT2D eigenvalue weighted by Crippen LogP contribution is -2.26. The van der Waals surface area contributed by atoms with E-state index in [1.807, 2.05) is 0 Å². The SMILES string of the molecule is c1ccc(C(c2ccc3c(c2)Cc2c-3cc3ccccc3c2-c2cccc3c2Cc2ccccc2-3)c2ccc3c(c2)C2(c4ccccc4-c4ccccc42)c2ccccc2-3)cc1. The lowest BCUT2D eigenvalue weighted by atomic mass is 9.70. The summed E-state index contributed by atoms with van der Waals surface area (Å²) in [5.41, 5.74) is 28.5. The minimum Gasteiger partial charge on any atom is -0.0622 e. The highest BCUT2D eigenvalue weighted by atomic mass is 14.5. The van der Waals surface area contributed by atoms with Crippen LogP contribution in [0.1, 0.15) is 67.1 Å². The van der Waals surface area contributed by atoms with Gasteiger partial charge in [0.2, 0.25) is 0 Å². The maximum absolute atomic E-state index is 2.58. The van der Waals surface area contributed by atoms with E-state index in [4.69, 9.17) is 0 Å².